The van der Waals surface area contributed by atoms with E-state index in [0.717, 1.165) is 9.98 Å². The van der Waals surface area contributed by atoms with E-state index in [1.165, 1.54) is 0 Å². The average Bonchev–Trinajstić information content (AvgIpc) is 2.53. The van der Waals surface area contributed by atoms with Crippen LogP contribution in [0.4, 0.5) is 5.69 Å². The zero-order valence-corrected chi connectivity index (χ0v) is 9.18. The number of fused-ring (bicyclic) bond motifs is 1. The lowest BCUT2D eigenvalue weighted by atomic mass is 10.1. The first kappa shape index (κ1) is 10.5. The SMILES string of the molecule is O=C(CCl)c1ccc2c(c1)CC(=O)N2Cl. The van der Waals surface area contributed by atoms with Crippen LogP contribution in [0, 0.1) is 0 Å². The number of carbonyl (C=O) groups is 2. The first-order valence-corrected chi connectivity index (χ1v) is 5.21. The van der Waals surface area contributed by atoms with Crippen molar-refractivity contribution < 1.29 is 9.59 Å². The second kappa shape index (κ2) is 3.83. The first-order chi connectivity index (χ1) is 7.13. The quantitative estimate of drug-likeness (QED) is 0.454. The molecule has 5 heteroatoms. The van der Waals surface area contributed by atoms with Crippen molar-refractivity contribution in [2.75, 3.05) is 10.3 Å². The molecule has 0 atom stereocenters. The Morgan fingerprint density at radius 3 is 2.87 bits per heavy atom. The van der Waals surface area contributed by atoms with Crippen LogP contribution in [-0.2, 0) is 11.2 Å². The van der Waals surface area contributed by atoms with Crippen LogP contribution in [0.25, 0.3) is 0 Å². The normalized spacial score (nSPS) is 14.3. The summed E-state index contributed by atoms with van der Waals surface area (Å²) in [5.74, 6) is -0.390. The highest BCUT2D eigenvalue weighted by Gasteiger charge is 2.26. The molecule has 1 amide bonds. The number of Topliss-reactive ketones (excluding diaryl/α,β-unsaturated/α-hetero) is 1. The van der Waals surface area contributed by atoms with E-state index in [4.69, 9.17) is 23.4 Å². The summed E-state index contributed by atoms with van der Waals surface area (Å²) in [7, 11) is 0. The maximum Gasteiger partial charge on any atom is 0.246 e. The van der Waals surface area contributed by atoms with Crippen LogP contribution in [0.15, 0.2) is 18.2 Å². The Bertz CT molecular complexity index is 445. The number of halogens is 2. The minimum atomic E-state index is -0.179. The maximum absolute atomic E-state index is 11.3. The Labute approximate surface area is 96.7 Å². The Balaban J connectivity index is 2.42. The molecule has 0 aliphatic carbocycles. The first-order valence-electron chi connectivity index (χ1n) is 4.34. The molecule has 3 nitrogen and oxygen atoms in total. The number of nitrogens with zero attached hydrogens (tertiary/aromatic N) is 1. The van der Waals surface area contributed by atoms with Crippen molar-refractivity contribution in [2.45, 2.75) is 6.42 Å². The highest BCUT2D eigenvalue weighted by molar-refractivity contribution is 6.38. The summed E-state index contributed by atoms with van der Waals surface area (Å²) in [6.45, 7) is 0. The highest BCUT2D eigenvalue weighted by Crippen LogP contribution is 2.31. The molecule has 1 aromatic rings. The van der Waals surface area contributed by atoms with Crippen LogP contribution < -0.4 is 4.42 Å². The van der Waals surface area contributed by atoms with Crippen molar-refractivity contribution >= 4 is 40.8 Å². The van der Waals surface area contributed by atoms with Gasteiger partial charge in [-0.05, 0) is 23.8 Å². The summed E-state index contributed by atoms with van der Waals surface area (Å²) in [6, 6.07) is 4.95. The van der Waals surface area contributed by atoms with Crippen LogP contribution >= 0.6 is 23.4 Å². The summed E-state index contributed by atoms with van der Waals surface area (Å²) in [5, 5.41) is 0. The Hall–Kier alpha value is -1.06. The largest absolute Gasteiger partial charge is 0.293 e. The van der Waals surface area contributed by atoms with Crippen molar-refractivity contribution in [1.82, 2.24) is 0 Å². The van der Waals surface area contributed by atoms with Crippen LogP contribution in [0.5, 0.6) is 0 Å². The van der Waals surface area contributed by atoms with Gasteiger partial charge in [0.15, 0.2) is 5.78 Å². The monoisotopic (exact) mass is 243 g/mol. The van der Waals surface area contributed by atoms with E-state index in [2.05, 4.69) is 0 Å². The molecule has 15 heavy (non-hydrogen) atoms. The topological polar surface area (TPSA) is 37.4 Å². The third kappa shape index (κ3) is 1.73. The number of rotatable bonds is 2. The molecule has 0 bridgehead atoms. The van der Waals surface area contributed by atoms with Gasteiger partial charge in [-0.25, -0.2) is 4.42 Å². The zero-order valence-electron chi connectivity index (χ0n) is 7.67. The molecule has 0 saturated heterocycles. The van der Waals surface area contributed by atoms with E-state index in [1.807, 2.05) is 0 Å². The number of ketones is 1. The van der Waals surface area contributed by atoms with E-state index in [1.54, 1.807) is 18.2 Å². The number of anilines is 1. The van der Waals surface area contributed by atoms with Crippen LogP contribution in [0.3, 0.4) is 0 Å². The zero-order chi connectivity index (χ0) is 11.0. The summed E-state index contributed by atoms with van der Waals surface area (Å²) >= 11 is 11.2. The molecular formula is C10H7Cl2NO2. The Kier molecular flexibility index (Phi) is 2.67. The maximum atomic E-state index is 11.3. The van der Waals surface area contributed by atoms with Gasteiger partial charge in [0.25, 0.3) is 0 Å². The molecule has 0 radical (unpaired) electrons. The van der Waals surface area contributed by atoms with Crippen LogP contribution in [0.1, 0.15) is 15.9 Å². The number of benzene rings is 1. The number of hydrogen-bond acceptors (Lipinski definition) is 2. The third-order valence-electron chi connectivity index (χ3n) is 2.29. The van der Waals surface area contributed by atoms with Gasteiger partial charge in [0.1, 0.15) is 0 Å². The van der Waals surface area contributed by atoms with Gasteiger partial charge in [-0.15, -0.1) is 11.6 Å². The number of carbonyl (C=O) groups excluding carboxylic acids is 2. The third-order valence-corrected chi connectivity index (χ3v) is 2.91. The minimum Gasteiger partial charge on any atom is -0.293 e. The molecule has 1 aromatic carbocycles. The molecular weight excluding hydrogens is 237 g/mol. The molecule has 0 N–H and O–H groups in total. The lowest BCUT2D eigenvalue weighted by Crippen LogP contribution is -2.13. The average molecular weight is 244 g/mol. The minimum absolute atomic E-state index is 0.0582. The predicted molar refractivity (Wildman–Crippen MR) is 58.5 cm³/mol. The lowest BCUT2D eigenvalue weighted by molar-refractivity contribution is -0.116. The fraction of sp³-hybridized carbons (Fsp3) is 0.200. The molecule has 0 spiro atoms. The lowest BCUT2D eigenvalue weighted by Gasteiger charge is -2.06. The van der Waals surface area contributed by atoms with Gasteiger partial charge in [0, 0.05) is 17.3 Å². The van der Waals surface area contributed by atoms with Gasteiger partial charge in [-0.1, -0.05) is 0 Å². The molecule has 0 saturated carbocycles. The predicted octanol–water partition coefficient (Wildman–Crippen LogP) is 2.15. The second-order valence-electron chi connectivity index (χ2n) is 3.25. The molecule has 78 valence electrons. The van der Waals surface area contributed by atoms with Gasteiger partial charge >= 0.3 is 0 Å². The van der Waals surface area contributed by atoms with Gasteiger partial charge in [-0.3, -0.25) is 9.59 Å². The van der Waals surface area contributed by atoms with E-state index in [0.29, 0.717) is 11.3 Å². The number of alkyl halides is 1. The summed E-state index contributed by atoms with van der Waals surface area (Å²) < 4.78 is 1.07. The van der Waals surface area contributed by atoms with E-state index in [9.17, 15) is 9.59 Å². The van der Waals surface area contributed by atoms with E-state index < -0.39 is 0 Å². The number of hydrogen-bond donors (Lipinski definition) is 0. The van der Waals surface area contributed by atoms with E-state index in [-0.39, 0.29) is 24.0 Å². The van der Waals surface area contributed by atoms with Gasteiger partial charge in [0.2, 0.25) is 5.91 Å². The Morgan fingerprint density at radius 2 is 2.20 bits per heavy atom. The van der Waals surface area contributed by atoms with Crippen molar-refractivity contribution in [2.24, 2.45) is 0 Å². The van der Waals surface area contributed by atoms with Gasteiger partial charge in [0.05, 0.1) is 18.0 Å². The molecule has 1 aliphatic rings. The van der Waals surface area contributed by atoms with Crippen LogP contribution in [-0.4, -0.2) is 17.6 Å². The molecule has 1 aliphatic heterocycles. The standard InChI is InChI=1S/C10H7Cl2NO2/c11-5-9(14)6-1-2-8-7(3-6)4-10(15)13(8)12/h1-3H,4-5H2. The van der Waals surface area contributed by atoms with Crippen molar-refractivity contribution in [3.8, 4) is 0 Å². The molecule has 0 unspecified atom stereocenters. The molecule has 2 rings (SSSR count). The summed E-state index contributed by atoms with van der Waals surface area (Å²) in [4.78, 5) is 22.6. The van der Waals surface area contributed by atoms with Crippen molar-refractivity contribution in [3.05, 3.63) is 29.3 Å². The fourth-order valence-electron chi connectivity index (χ4n) is 1.54. The Morgan fingerprint density at radius 1 is 1.47 bits per heavy atom. The molecule has 0 fully saturated rings. The molecule has 0 aromatic heterocycles. The fourth-order valence-corrected chi connectivity index (χ4v) is 1.91. The summed E-state index contributed by atoms with van der Waals surface area (Å²) in [5.41, 5.74) is 1.93. The summed E-state index contributed by atoms with van der Waals surface area (Å²) in [6.07, 6.45) is 0.238. The van der Waals surface area contributed by atoms with Crippen molar-refractivity contribution in [1.29, 1.82) is 0 Å². The van der Waals surface area contributed by atoms with Gasteiger partial charge in [-0.2, -0.15) is 0 Å². The second-order valence-corrected chi connectivity index (χ2v) is 3.86. The molecule has 1 heterocycles. The number of amides is 1. The van der Waals surface area contributed by atoms with Crippen LogP contribution in [0.2, 0.25) is 0 Å². The van der Waals surface area contributed by atoms with Gasteiger partial charge < -0.3 is 0 Å². The van der Waals surface area contributed by atoms with E-state index >= 15 is 0 Å². The highest BCUT2D eigenvalue weighted by atomic mass is 35.5. The van der Waals surface area contributed by atoms with Crippen molar-refractivity contribution in [3.63, 3.8) is 0 Å². The smallest absolute Gasteiger partial charge is 0.246 e.